The van der Waals surface area contributed by atoms with Gasteiger partial charge < -0.3 is 19.2 Å². The van der Waals surface area contributed by atoms with Crippen LogP contribution in [0.15, 0.2) is 51.7 Å². The topological polar surface area (TPSA) is 80.0 Å². The Morgan fingerprint density at radius 3 is 2.75 bits per heavy atom. The van der Waals surface area contributed by atoms with Crippen LogP contribution in [-0.2, 0) is 11.2 Å². The second kappa shape index (κ2) is 9.74. The van der Waals surface area contributed by atoms with Crippen molar-refractivity contribution < 1.29 is 19.1 Å². The van der Waals surface area contributed by atoms with Crippen molar-refractivity contribution in [3.63, 3.8) is 0 Å². The largest absolute Gasteiger partial charge is 0.480 e. The highest BCUT2D eigenvalue weighted by Crippen LogP contribution is 2.40. The molecule has 6 heteroatoms. The lowest BCUT2D eigenvalue weighted by Gasteiger charge is -2.47. The molecule has 2 aliphatic rings. The van der Waals surface area contributed by atoms with E-state index in [2.05, 4.69) is 0 Å². The van der Waals surface area contributed by atoms with E-state index in [0.29, 0.717) is 42.8 Å². The predicted octanol–water partition coefficient (Wildman–Crippen LogP) is 4.92. The Morgan fingerprint density at radius 2 is 1.97 bits per heavy atom. The van der Waals surface area contributed by atoms with Gasteiger partial charge in [0.25, 0.3) is 5.91 Å². The maximum Gasteiger partial charge on any atom is 0.340 e. The second-order valence-electron chi connectivity index (χ2n) is 10.6. The number of carbonyl (C=O) groups excluding carboxylic acids is 1. The lowest BCUT2D eigenvalue weighted by molar-refractivity contribution is -0.149. The fraction of sp³-hybridized carbons (Fsp3) is 0.467. The van der Waals surface area contributed by atoms with Crippen molar-refractivity contribution in [3.8, 4) is 5.75 Å². The molecule has 1 aromatic heterocycles. The molecule has 3 aromatic rings. The molecule has 2 fully saturated rings. The van der Waals surface area contributed by atoms with Crippen molar-refractivity contribution in [2.45, 2.75) is 71.0 Å². The van der Waals surface area contributed by atoms with Crippen LogP contribution in [0.25, 0.3) is 11.0 Å². The lowest BCUT2D eigenvalue weighted by atomic mass is 9.71. The number of ether oxygens (including phenoxy) is 1. The summed E-state index contributed by atoms with van der Waals surface area (Å²) in [5, 5.41) is 11.7. The summed E-state index contributed by atoms with van der Waals surface area (Å²) in [6.45, 7) is 6.73. The predicted molar refractivity (Wildman–Crippen MR) is 139 cm³/mol. The summed E-state index contributed by atoms with van der Waals surface area (Å²) >= 11 is 0. The number of rotatable bonds is 5. The third kappa shape index (κ3) is 4.66. The molecule has 1 aliphatic carbocycles. The van der Waals surface area contributed by atoms with Crippen LogP contribution in [0.2, 0.25) is 0 Å². The number of nitrogens with zero attached hydrogens (tertiary/aromatic N) is 1. The molecular weight excluding hydrogens is 454 g/mol. The fourth-order valence-corrected chi connectivity index (χ4v) is 6.00. The van der Waals surface area contributed by atoms with Crippen molar-refractivity contribution in [2.24, 2.45) is 5.92 Å². The Balaban J connectivity index is 1.42. The molecule has 0 bridgehead atoms. The molecule has 190 valence electrons. The number of aryl methyl sites for hydroxylation is 2. The van der Waals surface area contributed by atoms with Gasteiger partial charge in [-0.05, 0) is 68.9 Å². The molecule has 2 aromatic carbocycles. The van der Waals surface area contributed by atoms with Gasteiger partial charge in [-0.25, -0.2) is 4.79 Å². The molecule has 0 unspecified atom stereocenters. The summed E-state index contributed by atoms with van der Waals surface area (Å²) in [7, 11) is 0. The molecule has 0 spiro atoms. The molecule has 36 heavy (non-hydrogen) atoms. The standard InChI is InChI=1S/C30H35NO5/c1-19-15-25(35-21(3)28(32)31-14-13-30(34)12-8-7-11-23(30)18-31)27-20(2)24(29(33)36-26(27)16-19)17-22-9-5-4-6-10-22/h4-6,9-10,15-16,21,23,34H,7-8,11-14,17-18H2,1-3H3/t21-,23+,30+/m0/s1. The van der Waals surface area contributed by atoms with Crippen LogP contribution in [0, 0.1) is 19.8 Å². The van der Waals surface area contributed by atoms with E-state index >= 15 is 0 Å². The first-order chi connectivity index (χ1) is 17.2. The van der Waals surface area contributed by atoms with E-state index in [4.69, 9.17) is 9.15 Å². The summed E-state index contributed by atoms with van der Waals surface area (Å²) in [5.41, 5.74) is 2.81. The zero-order valence-corrected chi connectivity index (χ0v) is 21.4. The molecule has 1 aliphatic heterocycles. The molecule has 1 N–H and O–H groups in total. The third-order valence-electron chi connectivity index (χ3n) is 8.10. The highest BCUT2D eigenvalue weighted by Gasteiger charge is 2.44. The van der Waals surface area contributed by atoms with E-state index in [9.17, 15) is 14.7 Å². The first-order valence-corrected chi connectivity index (χ1v) is 13.0. The number of benzene rings is 2. The summed E-state index contributed by atoms with van der Waals surface area (Å²) in [5.74, 6) is 0.609. The molecular formula is C30H35NO5. The van der Waals surface area contributed by atoms with Gasteiger partial charge in [-0.3, -0.25) is 4.79 Å². The smallest absolute Gasteiger partial charge is 0.340 e. The Labute approximate surface area is 211 Å². The summed E-state index contributed by atoms with van der Waals surface area (Å²) in [6, 6.07) is 13.6. The van der Waals surface area contributed by atoms with Crippen LogP contribution >= 0.6 is 0 Å². The van der Waals surface area contributed by atoms with Crippen LogP contribution in [0.1, 0.15) is 61.3 Å². The number of hydrogen-bond acceptors (Lipinski definition) is 5. The molecule has 1 amide bonds. The number of fused-ring (bicyclic) bond motifs is 2. The Hall–Kier alpha value is -3.12. The van der Waals surface area contributed by atoms with E-state index in [1.54, 1.807) is 6.92 Å². The molecule has 3 atom stereocenters. The lowest BCUT2D eigenvalue weighted by Crippen LogP contribution is -2.56. The van der Waals surface area contributed by atoms with E-state index in [1.165, 1.54) is 0 Å². The minimum Gasteiger partial charge on any atom is -0.480 e. The number of carbonyl (C=O) groups is 1. The SMILES string of the molecule is Cc1cc(O[C@@H](C)C(=O)N2CC[C@]3(O)CCCC[C@@H]3C2)c2c(C)c(Cc3ccccc3)c(=O)oc2c1. The van der Waals surface area contributed by atoms with Gasteiger partial charge in [0.2, 0.25) is 0 Å². The van der Waals surface area contributed by atoms with Gasteiger partial charge in [0.1, 0.15) is 11.3 Å². The first-order valence-electron chi connectivity index (χ1n) is 13.0. The number of likely N-dealkylation sites (tertiary alicyclic amines) is 1. The van der Waals surface area contributed by atoms with Crippen molar-refractivity contribution in [3.05, 3.63) is 75.1 Å². The van der Waals surface area contributed by atoms with Gasteiger partial charge in [0, 0.05) is 31.0 Å². The highest BCUT2D eigenvalue weighted by molar-refractivity contribution is 5.89. The third-order valence-corrected chi connectivity index (χ3v) is 8.10. The number of amides is 1. The minimum atomic E-state index is -0.700. The normalized spacial score (nSPS) is 22.8. The van der Waals surface area contributed by atoms with Gasteiger partial charge in [-0.2, -0.15) is 0 Å². The van der Waals surface area contributed by atoms with Crippen molar-refractivity contribution in [1.82, 2.24) is 4.90 Å². The molecule has 5 rings (SSSR count). The zero-order valence-electron chi connectivity index (χ0n) is 21.4. The van der Waals surface area contributed by atoms with Crippen LogP contribution < -0.4 is 10.4 Å². The quantitative estimate of drug-likeness (QED) is 0.515. The second-order valence-corrected chi connectivity index (χ2v) is 10.6. The summed E-state index contributed by atoms with van der Waals surface area (Å²) in [4.78, 5) is 28.1. The maximum atomic E-state index is 13.4. The van der Waals surface area contributed by atoms with Crippen LogP contribution in [0.4, 0.5) is 0 Å². The average molecular weight is 490 g/mol. The van der Waals surface area contributed by atoms with Gasteiger partial charge in [-0.1, -0.05) is 43.2 Å². The maximum absolute atomic E-state index is 13.4. The zero-order chi connectivity index (χ0) is 25.4. The summed E-state index contributed by atoms with van der Waals surface area (Å²) in [6.07, 6.45) is 4.33. The Kier molecular flexibility index (Phi) is 6.64. The van der Waals surface area contributed by atoms with Crippen molar-refractivity contribution >= 4 is 16.9 Å². The monoisotopic (exact) mass is 489 g/mol. The van der Waals surface area contributed by atoms with Crippen LogP contribution in [-0.4, -0.2) is 40.7 Å². The molecule has 6 nitrogen and oxygen atoms in total. The van der Waals surface area contributed by atoms with Gasteiger partial charge >= 0.3 is 5.63 Å². The van der Waals surface area contributed by atoms with Gasteiger partial charge in [0.15, 0.2) is 6.10 Å². The number of piperidine rings is 1. The van der Waals surface area contributed by atoms with E-state index in [0.717, 1.165) is 47.8 Å². The Bertz CT molecular complexity index is 1330. The molecule has 2 heterocycles. The summed E-state index contributed by atoms with van der Waals surface area (Å²) < 4.78 is 12.0. The van der Waals surface area contributed by atoms with Crippen molar-refractivity contribution in [2.75, 3.05) is 13.1 Å². The average Bonchev–Trinajstić information content (AvgIpc) is 2.85. The molecule has 0 radical (unpaired) electrons. The van der Waals surface area contributed by atoms with Crippen molar-refractivity contribution in [1.29, 1.82) is 0 Å². The highest BCUT2D eigenvalue weighted by atomic mass is 16.5. The molecule has 1 saturated heterocycles. The van der Waals surface area contributed by atoms with E-state index < -0.39 is 11.7 Å². The van der Waals surface area contributed by atoms with Gasteiger partial charge in [-0.15, -0.1) is 0 Å². The molecule has 1 saturated carbocycles. The fourth-order valence-electron chi connectivity index (χ4n) is 6.00. The Morgan fingerprint density at radius 1 is 1.19 bits per heavy atom. The van der Waals surface area contributed by atoms with E-state index in [-0.39, 0.29) is 17.5 Å². The minimum absolute atomic E-state index is 0.0724. The number of aliphatic hydroxyl groups is 1. The van der Waals surface area contributed by atoms with Crippen LogP contribution in [0.5, 0.6) is 5.75 Å². The first kappa shape index (κ1) is 24.6. The van der Waals surface area contributed by atoms with Gasteiger partial charge in [0.05, 0.1) is 11.0 Å². The van der Waals surface area contributed by atoms with Crippen LogP contribution in [0.3, 0.4) is 0 Å². The number of hydrogen-bond donors (Lipinski definition) is 1. The van der Waals surface area contributed by atoms with E-state index in [1.807, 2.05) is 61.2 Å².